The summed E-state index contributed by atoms with van der Waals surface area (Å²) >= 11 is 0. The third kappa shape index (κ3) is 4.72. The van der Waals surface area contributed by atoms with Crippen molar-refractivity contribution in [1.29, 1.82) is 0 Å². The Morgan fingerprint density at radius 1 is 1.06 bits per heavy atom. The number of amides is 2. The average Bonchev–Trinajstić information content (AvgIpc) is 3.09. The van der Waals surface area contributed by atoms with Crippen molar-refractivity contribution in [1.82, 2.24) is 10.2 Å². The standard InChI is InChI=1S/C26H30N2O5/c1-3-16(2)12-23(24(29)28-13-17(14-28)25(30)31)27-26(32)33-15-22-20-10-6-4-8-18(20)19-9-5-7-11-21(19)22/h4-11,16-17,22-23H,3,12-15H2,1-2H3,(H,27,32)(H,30,31). The summed E-state index contributed by atoms with van der Waals surface area (Å²) in [5.74, 6) is -1.51. The number of benzene rings is 2. The number of aliphatic carboxylic acids is 1. The molecule has 4 rings (SSSR count). The van der Waals surface area contributed by atoms with E-state index in [-0.39, 0.29) is 37.4 Å². The molecule has 1 aliphatic heterocycles. The third-order valence-corrected chi connectivity index (χ3v) is 6.81. The van der Waals surface area contributed by atoms with Crippen molar-refractivity contribution in [2.24, 2.45) is 11.8 Å². The van der Waals surface area contributed by atoms with Gasteiger partial charge in [0.25, 0.3) is 0 Å². The maximum absolute atomic E-state index is 12.9. The maximum Gasteiger partial charge on any atom is 0.407 e. The predicted molar refractivity (Wildman–Crippen MR) is 124 cm³/mol. The van der Waals surface area contributed by atoms with Gasteiger partial charge in [0, 0.05) is 19.0 Å². The first-order chi connectivity index (χ1) is 15.9. The Morgan fingerprint density at radius 3 is 2.18 bits per heavy atom. The fraction of sp³-hybridized carbons (Fsp3) is 0.423. The molecule has 2 aromatic carbocycles. The summed E-state index contributed by atoms with van der Waals surface area (Å²) in [6, 6.07) is 15.5. The van der Waals surface area contributed by atoms with E-state index in [1.54, 1.807) is 0 Å². The van der Waals surface area contributed by atoms with Crippen LogP contribution >= 0.6 is 0 Å². The molecular weight excluding hydrogens is 420 g/mol. The molecule has 7 heteroatoms. The van der Waals surface area contributed by atoms with Gasteiger partial charge in [-0.15, -0.1) is 0 Å². The first-order valence-electron chi connectivity index (χ1n) is 11.5. The van der Waals surface area contributed by atoms with Crippen LogP contribution in [-0.4, -0.2) is 53.7 Å². The Labute approximate surface area is 193 Å². The third-order valence-electron chi connectivity index (χ3n) is 6.81. The monoisotopic (exact) mass is 450 g/mol. The molecule has 7 nitrogen and oxygen atoms in total. The van der Waals surface area contributed by atoms with Crippen LogP contribution in [0, 0.1) is 11.8 Å². The lowest BCUT2D eigenvalue weighted by Crippen LogP contribution is -2.59. The Balaban J connectivity index is 1.41. The fourth-order valence-electron chi connectivity index (χ4n) is 4.61. The summed E-state index contributed by atoms with van der Waals surface area (Å²) < 4.78 is 5.61. The van der Waals surface area contributed by atoms with E-state index in [1.807, 2.05) is 38.1 Å². The van der Waals surface area contributed by atoms with E-state index in [2.05, 4.69) is 29.6 Å². The molecule has 1 fully saturated rings. The lowest BCUT2D eigenvalue weighted by molar-refractivity contribution is -0.153. The number of carbonyl (C=O) groups excluding carboxylic acids is 2. The van der Waals surface area contributed by atoms with Crippen molar-refractivity contribution in [2.75, 3.05) is 19.7 Å². The Bertz CT molecular complexity index is 1000. The van der Waals surface area contributed by atoms with E-state index in [0.717, 1.165) is 28.7 Å². The van der Waals surface area contributed by atoms with E-state index in [4.69, 9.17) is 9.84 Å². The zero-order valence-electron chi connectivity index (χ0n) is 19.0. The van der Waals surface area contributed by atoms with Crippen molar-refractivity contribution in [3.63, 3.8) is 0 Å². The van der Waals surface area contributed by atoms with Gasteiger partial charge in [0.2, 0.25) is 5.91 Å². The zero-order valence-corrected chi connectivity index (χ0v) is 19.0. The van der Waals surface area contributed by atoms with Crippen LogP contribution in [0.4, 0.5) is 4.79 Å². The quantitative estimate of drug-likeness (QED) is 0.637. The van der Waals surface area contributed by atoms with Crippen LogP contribution in [0.1, 0.15) is 43.7 Å². The highest BCUT2D eigenvalue weighted by Gasteiger charge is 2.39. The van der Waals surface area contributed by atoms with Gasteiger partial charge in [-0.3, -0.25) is 9.59 Å². The number of fused-ring (bicyclic) bond motifs is 3. The van der Waals surface area contributed by atoms with Gasteiger partial charge >= 0.3 is 12.1 Å². The Morgan fingerprint density at radius 2 is 1.64 bits per heavy atom. The molecule has 2 aromatic rings. The number of alkyl carbamates (subject to hydrolysis) is 1. The first kappa shape index (κ1) is 22.8. The highest BCUT2D eigenvalue weighted by atomic mass is 16.5. The van der Waals surface area contributed by atoms with Crippen LogP contribution in [0.2, 0.25) is 0 Å². The molecular formula is C26H30N2O5. The first-order valence-corrected chi connectivity index (χ1v) is 11.5. The van der Waals surface area contributed by atoms with Crippen LogP contribution in [0.25, 0.3) is 11.1 Å². The molecule has 1 aliphatic carbocycles. The molecule has 2 N–H and O–H groups in total. The van der Waals surface area contributed by atoms with E-state index in [0.29, 0.717) is 6.42 Å². The molecule has 0 bridgehead atoms. The van der Waals surface area contributed by atoms with Gasteiger partial charge in [-0.1, -0.05) is 68.8 Å². The van der Waals surface area contributed by atoms with E-state index in [9.17, 15) is 14.4 Å². The van der Waals surface area contributed by atoms with Crippen molar-refractivity contribution in [2.45, 2.75) is 38.6 Å². The van der Waals surface area contributed by atoms with Gasteiger partial charge in [-0.05, 0) is 34.6 Å². The molecule has 1 heterocycles. The molecule has 33 heavy (non-hydrogen) atoms. The molecule has 2 aliphatic rings. The molecule has 2 atom stereocenters. The maximum atomic E-state index is 12.9. The number of hydrogen-bond acceptors (Lipinski definition) is 4. The highest BCUT2D eigenvalue weighted by Crippen LogP contribution is 2.44. The fourth-order valence-corrected chi connectivity index (χ4v) is 4.61. The minimum absolute atomic E-state index is 0.0569. The van der Waals surface area contributed by atoms with Crippen molar-refractivity contribution >= 4 is 18.0 Å². The summed E-state index contributed by atoms with van der Waals surface area (Å²) in [6.45, 7) is 4.59. The number of ether oxygens (including phenoxy) is 1. The van der Waals surface area contributed by atoms with Gasteiger partial charge < -0.3 is 20.1 Å². The topological polar surface area (TPSA) is 95.9 Å². The lowest BCUT2D eigenvalue weighted by Gasteiger charge is -2.39. The smallest absolute Gasteiger partial charge is 0.407 e. The second-order valence-electron chi connectivity index (χ2n) is 9.05. The second-order valence-corrected chi connectivity index (χ2v) is 9.05. The minimum Gasteiger partial charge on any atom is -0.481 e. The number of rotatable bonds is 8. The number of likely N-dealkylation sites (tertiary alicyclic amines) is 1. The second kappa shape index (κ2) is 9.65. The SMILES string of the molecule is CCC(C)CC(NC(=O)OCC1c2ccccc2-c2ccccc21)C(=O)N1CC(C(=O)O)C1. The van der Waals surface area contributed by atoms with Gasteiger partial charge in [0.15, 0.2) is 0 Å². The van der Waals surface area contributed by atoms with E-state index in [1.165, 1.54) is 4.90 Å². The minimum atomic E-state index is -0.901. The van der Waals surface area contributed by atoms with Crippen LogP contribution in [0.15, 0.2) is 48.5 Å². The number of hydrogen-bond donors (Lipinski definition) is 2. The zero-order chi connectivity index (χ0) is 23.5. The highest BCUT2D eigenvalue weighted by molar-refractivity contribution is 5.88. The van der Waals surface area contributed by atoms with Crippen LogP contribution < -0.4 is 5.32 Å². The number of carboxylic acid groups (broad SMARTS) is 1. The molecule has 0 saturated carbocycles. The number of carboxylic acids is 1. The van der Waals surface area contributed by atoms with Crippen LogP contribution in [-0.2, 0) is 14.3 Å². The van der Waals surface area contributed by atoms with Gasteiger partial charge in [0.05, 0.1) is 5.92 Å². The summed E-state index contributed by atoms with van der Waals surface area (Å²) in [5.41, 5.74) is 4.55. The van der Waals surface area contributed by atoms with Crippen LogP contribution in [0.5, 0.6) is 0 Å². The van der Waals surface area contributed by atoms with Gasteiger partial charge in [-0.2, -0.15) is 0 Å². The van der Waals surface area contributed by atoms with Gasteiger partial charge in [-0.25, -0.2) is 4.79 Å². The number of nitrogens with zero attached hydrogens (tertiary/aromatic N) is 1. The average molecular weight is 451 g/mol. The molecule has 0 spiro atoms. The Hall–Kier alpha value is -3.35. The summed E-state index contributed by atoms with van der Waals surface area (Å²) in [7, 11) is 0. The molecule has 174 valence electrons. The molecule has 2 unspecified atom stereocenters. The van der Waals surface area contributed by atoms with Gasteiger partial charge in [0.1, 0.15) is 12.6 Å². The normalized spacial score (nSPS) is 16.8. The lowest BCUT2D eigenvalue weighted by atomic mass is 9.95. The predicted octanol–water partition coefficient (Wildman–Crippen LogP) is 3.87. The molecule has 0 aromatic heterocycles. The van der Waals surface area contributed by atoms with E-state index < -0.39 is 24.0 Å². The van der Waals surface area contributed by atoms with E-state index >= 15 is 0 Å². The van der Waals surface area contributed by atoms with Crippen LogP contribution in [0.3, 0.4) is 0 Å². The largest absolute Gasteiger partial charge is 0.481 e. The summed E-state index contributed by atoms with van der Waals surface area (Å²) in [5, 5.41) is 11.8. The molecule has 0 radical (unpaired) electrons. The summed E-state index contributed by atoms with van der Waals surface area (Å²) in [6.07, 6.45) is 0.718. The summed E-state index contributed by atoms with van der Waals surface area (Å²) in [4.78, 5) is 38.2. The molecule has 1 saturated heterocycles. The van der Waals surface area contributed by atoms with Crippen molar-refractivity contribution < 1.29 is 24.2 Å². The number of carbonyl (C=O) groups is 3. The number of nitrogens with one attached hydrogen (secondary N) is 1. The Kier molecular flexibility index (Phi) is 6.67. The molecule has 2 amide bonds. The van der Waals surface area contributed by atoms with Crippen molar-refractivity contribution in [3.8, 4) is 11.1 Å². The van der Waals surface area contributed by atoms with Crippen molar-refractivity contribution in [3.05, 3.63) is 59.7 Å².